The van der Waals surface area contributed by atoms with Crippen molar-refractivity contribution in [1.82, 2.24) is 0 Å². The summed E-state index contributed by atoms with van der Waals surface area (Å²) in [5.74, 6) is -0.445. The molecule has 3 heteroatoms. The van der Waals surface area contributed by atoms with Crippen LogP contribution in [0.1, 0.15) is 27.0 Å². The van der Waals surface area contributed by atoms with E-state index in [9.17, 15) is 4.79 Å². The summed E-state index contributed by atoms with van der Waals surface area (Å²) in [6, 6.07) is 5.34. The van der Waals surface area contributed by atoms with Crippen molar-refractivity contribution in [2.75, 3.05) is 0 Å². The van der Waals surface area contributed by atoms with E-state index in [1.165, 1.54) is 0 Å². The monoisotopic (exact) mass is 174 g/mol. The zero-order valence-electron chi connectivity index (χ0n) is 7.59. The molecule has 1 rings (SSSR count). The summed E-state index contributed by atoms with van der Waals surface area (Å²) in [5.41, 5.74) is 7.76. The fourth-order valence-corrected chi connectivity index (χ4v) is 1.42. The maximum absolute atomic E-state index is 11.0. The molecule has 0 radical (unpaired) electrons. The highest BCUT2D eigenvalue weighted by Crippen LogP contribution is 2.15. The lowest BCUT2D eigenvalue weighted by molar-refractivity contribution is 0.0999. The summed E-state index contributed by atoms with van der Waals surface area (Å²) < 4.78 is 0. The van der Waals surface area contributed by atoms with Crippen LogP contribution in [0.25, 0.3) is 0 Å². The molecule has 0 aliphatic carbocycles. The molecule has 0 bridgehead atoms. The Bertz CT molecular complexity index is 379. The van der Waals surface area contributed by atoms with Gasteiger partial charge in [-0.3, -0.25) is 4.79 Å². The number of primary amides is 1. The number of nitrogens with two attached hydrogens (primary N) is 1. The topological polar surface area (TPSA) is 66.9 Å². The highest BCUT2D eigenvalue weighted by molar-refractivity contribution is 5.95. The Morgan fingerprint density at radius 3 is 2.15 bits per heavy atom. The average molecular weight is 174 g/mol. The van der Waals surface area contributed by atoms with E-state index in [2.05, 4.69) is 0 Å². The molecule has 0 heterocycles. The van der Waals surface area contributed by atoms with Crippen LogP contribution in [-0.4, -0.2) is 5.91 Å². The van der Waals surface area contributed by atoms with Gasteiger partial charge in [-0.25, -0.2) is 0 Å². The van der Waals surface area contributed by atoms with Crippen molar-refractivity contribution in [2.45, 2.75) is 13.8 Å². The molecule has 0 aliphatic rings. The van der Waals surface area contributed by atoms with Crippen LogP contribution in [0, 0.1) is 25.2 Å². The third-order valence-electron chi connectivity index (χ3n) is 1.91. The summed E-state index contributed by atoms with van der Waals surface area (Å²) in [6.45, 7) is 3.54. The van der Waals surface area contributed by atoms with Crippen LogP contribution in [0.3, 0.4) is 0 Å². The highest BCUT2D eigenvalue weighted by Gasteiger charge is 2.09. The van der Waals surface area contributed by atoms with Gasteiger partial charge in [-0.1, -0.05) is 0 Å². The molecule has 0 unspecified atom stereocenters. The predicted octanol–water partition coefficient (Wildman–Crippen LogP) is 1.27. The number of hydrogen-bond donors (Lipinski definition) is 1. The number of amides is 1. The van der Waals surface area contributed by atoms with Gasteiger partial charge in [0.05, 0.1) is 11.6 Å². The fraction of sp³-hybridized carbons (Fsp3) is 0.200. The molecule has 1 aromatic carbocycles. The van der Waals surface area contributed by atoms with E-state index < -0.39 is 5.91 Å². The minimum Gasteiger partial charge on any atom is -0.366 e. The van der Waals surface area contributed by atoms with Gasteiger partial charge in [-0.15, -0.1) is 0 Å². The van der Waals surface area contributed by atoms with Gasteiger partial charge >= 0.3 is 0 Å². The van der Waals surface area contributed by atoms with Gasteiger partial charge in [0.15, 0.2) is 0 Å². The predicted molar refractivity (Wildman–Crippen MR) is 49.1 cm³/mol. The lowest BCUT2D eigenvalue weighted by atomic mass is 9.99. The Morgan fingerprint density at radius 2 is 1.85 bits per heavy atom. The lowest BCUT2D eigenvalue weighted by Gasteiger charge is -2.05. The van der Waals surface area contributed by atoms with Crippen molar-refractivity contribution in [2.24, 2.45) is 5.73 Å². The number of nitriles is 1. The molecule has 1 amide bonds. The van der Waals surface area contributed by atoms with Crippen molar-refractivity contribution in [1.29, 1.82) is 5.26 Å². The van der Waals surface area contributed by atoms with Gasteiger partial charge in [-0.2, -0.15) is 5.26 Å². The molecule has 3 nitrogen and oxygen atoms in total. The summed E-state index contributed by atoms with van der Waals surface area (Å²) >= 11 is 0. The van der Waals surface area contributed by atoms with E-state index in [-0.39, 0.29) is 0 Å². The first-order valence-corrected chi connectivity index (χ1v) is 3.87. The van der Waals surface area contributed by atoms with Crippen LogP contribution in [0.2, 0.25) is 0 Å². The van der Waals surface area contributed by atoms with E-state index >= 15 is 0 Å². The standard InChI is InChI=1S/C10H10N2O/c1-6-3-8(5-11)4-7(2)9(6)10(12)13/h3-4H,1-2H3,(H2,12,13). The maximum Gasteiger partial charge on any atom is 0.249 e. The Hall–Kier alpha value is -1.82. The summed E-state index contributed by atoms with van der Waals surface area (Å²) in [7, 11) is 0. The van der Waals surface area contributed by atoms with Crippen molar-refractivity contribution < 1.29 is 4.79 Å². The molecule has 0 atom stereocenters. The van der Waals surface area contributed by atoms with E-state index in [1.807, 2.05) is 6.07 Å². The number of carbonyl (C=O) groups excluding carboxylic acids is 1. The number of hydrogen-bond acceptors (Lipinski definition) is 2. The molecule has 2 N–H and O–H groups in total. The fourth-order valence-electron chi connectivity index (χ4n) is 1.42. The Balaban J connectivity index is 3.42. The molecule has 0 fully saturated rings. The van der Waals surface area contributed by atoms with Gasteiger partial charge in [0.1, 0.15) is 0 Å². The molecule has 0 aliphatic heterocycles. The molecule has 0 saturated heterocycles. The molecule has 13 heavy (non-hydrogen) atoms. The molecular formula is C10H10N2O. The quantitative estimate of drug-likeness (QED) is 0.696. The zero-order valence-corrected chi connectivity index (χ0v) is 7.59. The van der Waals surface area contributed by atoms with Crippen LogP contribution in [0.4, 0.5) is 0 Å². The first kappa shape index (κ1) is 9.27. The van der Waals surface area contributed by atoms with Crippen LogP contribution >= 0.6 is 0 Å². The Morgan fingerprint density at radius 1 is 1.38 bits per heavy atom. The second-order valence-electron chi connectivity index (χ2n) is 2.96. The third kappa shape index (κ3) is 1.67. The van der Waals surface area contributed by atoms with Crippen molar-refractivity contribution in [3.8, 4) is 6.07 Å². The maximum atomic E-state index is 11.0. The van der Waals surface area contributed by atoms with Crippen LogP contribution in [0.5, 0.6) is 0 Å². The van der Waals surface area contributed by atoms with Crippen molar-refractivity contribution in [3.63, 3.8) is 0 Å². The summed E-state index contributed by atoms with van der Waals surface area (Å²) in [6.07, 6.45) is 0. The molecule has 66 valence electrons. The van der Waals surface area contributed by atoms with Gasteiger partial charge in [0, 0.05) is 5.56 Å². The minimum atomic E-state index is -0.445. The number of carbonyl (C=O) groups is 1. The molecule has 0 aromatic heterocycles. The Labute approximate surface area is 76.8 Å². The number of aryl methyl sites for hydroxylation is 2. The van der Waals surface area contributed by atoms with E-state index in [0.29, 0.717) is 11.1 Å². The Kier molecular flexibility index (Phi) is 2.34. The zero-order chi connectivity index (χ0) is 10.0. The van der Waals surface area contributed by atoms with E-state index in [4.69, 9.17) is 11.0 Å². The first-order chi connectivity index (χ1) is 6.06. The second kappa shape index (κ2) is 3.28. The largest absolute Gasteiger partial charge is 0.366 e. The number of nitrogens with zero attached hydrogens (tertiary/aromatic N) is 1. The second-order valence-corrected chi connectivity index (χ2v) is 2.96. The smallest absolute Gasteiger partial charge is 0.249 e. The molecule has 0 saturated carbocycles. The highest BCUT2D eigenvalue weighted by atomic mass is 16.1. The normalized spacial score (nSPS) is 9.31. The van der Waals surface area contributed by atoms with Gasteiger partial charge in [0.25, 0.3) is 0 Å². The lowest BCUT2D eigenvalue weighted by Crippen LogP contribution is -2.14. The van der Waals surface area contributed by atoms with Crippen LogP contribution in [0.15, 0.2) is 12.1 Å². The van der Waals surface area contributed by atoms with E-state index in [1.54, 1.807) is 26.0 Å². The third-order valence-corrected chi connectivity index (χ3v) is 1.91. The number of benzene rings is 1. The van der Waals surface area contributed by atoms with Crippen molar-refractivity contribution in [3.05, 3.63) is 34.4 Å². The molecule has 1 aromatic rings. The number of rotatable bonds is 1. The van der Waals surface area contributed by atoms with Gasteiger partial charge in [-0.05, 0) is 37.1 Å². The van der Waals surface area contributed by atoms with Gasteiger partial charge in [0.2, 0.25) is 5.91 Å². The van der Waals surface area contributed by atoms with Gasteiger partial charge < -0.3 is 5.73 Å². The van der Waals surface area contributed by atoms with E-state index in [0.717, 1.165) is 11.1 Å². The SMILES string of the molecule is Cc1cc(C#N)cc(C)c1C(N)=O. The first-order valence-electron chi connectivity index (χ1n) is 3.87. The molecule has 0 spiro atoms. The van der Waals surface area contributed by atoms with Crippen LogP contribution in [-0.2, 0) is 0 Å². The van der Waals surface area contributed by atoms with Crippen molar-refractivity contribution >= 4 is 5.91 Å². The average Bonchev–Trinajstić information content (AvgIpc) is 2.02. The summed E-state index contributed by atoms with van der Waals surface area (Å²) in [5, 5.41) is 8.65. The summed E-state index contributed by atoms with van der Waals surface area (Å²) in [4.78, 5) is 11.0. The minimum absolute atomic E-state index is 0.445. The van der Waals surface area contributed by atoms with Crippen LogP contribution < -0.4 is 5.73 Å². The molecular weight excluding hydrogens is 164 g/mol.